The second kappa shape index (κ2) is 7.15. The maximum absolute atomic E-state index is 12.4. The van der Waals surface area contributed by atoms with Gasteiger partial charge in [0.1, 0.15) is 5.75 Å². The van der Waals surface area contributed by atoms with E-state index in [1.165, 1.54) is 0 Å². The Kier molecular flexibility index (Phi) is 5.13. The highest BCUT2D eigenvalue weighted by molar-refractivity contribution is 7.89. The zero-order valence-electron chi connectivity index (χ0n) is 13.2. The van der Waals surface area contributed by atoms with Crippen LogP contribution in [0.3, 0.4) is 0 Å². The lowest BCUT2D eigenvalue weighted by atomic mass is 10.1. The van der Waals surface area contributed by atoms with Gasteiger partial charge in [-0.05, 0) is 19.1 Å². The molecule has 0 unspecified atom stereocenters. The largest absolute Gasteiger partial charge is 0.338 e. The van der Waals surface area contributed by atoms with Crippen LogP contribution < -0.4 is 0 Å². The summed E-state index contributed by atoms with van der Waals surface area (Å²) in [7, 11) is -3.57. The van der Waals surface area contributed by atoms with Gasteiger partial charge >= 0.3 is 0 Å². The highest BCUT2D eigenvalue weighted by Gasteiger charge is 2.21. The Morgan fingerprint density at radius 3 is 2.28 bits per heavy atom. The highest BCUT2D eigenvalue weighted by atomic mass is 35.5. The SMILES string of the molecule is Cc1ccc(-c2noc(CS(=O)(=O)Cc3c(Cl)cccc3Cl)n2)cc1. The Morgan fingerprint density at radius 1 is 1.00 bits per heavy atom. The number of hydrogen-bond donors (Lipinski definition) is 0. The van der Waals surface area contributed by atoms with E-state index in [2.05, 4.69) is 10.1 Å². The van der Waals surface area contributed by atoms with Crippen molar-refractivity contribution in [3.05, 3.63) is 69.5 Å². The molecule has 0 aliphatic rings. The molecule has 0 radical (unpaired) electrons. The normalized spacial score (nSPS) is 11.6. The van der Waals surface area contributed by atoms with E-state index in [0.29, 0.717) is 21.4 Å². The van der Waals surface area contributed by atoms with Gasteiger partial charge in [0.05, 0.1) is 5.75 Å². The van der Waals surface area contributed by atoms with Crippen molar-refractivity contribution < 1.29 is 12.9 Å². The van der Waals surface area contributed by atoms with Gasteiger partial charge in [0, 0.05) is 21.2 Å². The van der Waals surface area contributed by atoms with Crippen LogP contribution in [-0.2, 0) is 21.3 Å². The molecule has 1 aromatic heterocycles. The lowest BCUT2D eigenvalue weighted by Gasteiger charge is -2.06. The van der Waals surface area contributed by atoms with Gasteiger partial charge in [0.25, 0.3) is 0 Å². The Bertz CT molecular complexity index is 979. The quantitative estimate of drug-likeness (QED) is 0.635. The standard InChI is InChI=1S/C17H14Cl2N2O3S/c1-11-5-7-12(8-6-11)17-20-16(24-21-17)10-25(22,23)9-13-14(18)3-2-4-15(13)19/h2-8H,9-10H2,1H3. The van der Waals surface area contributed by atoms with Gasteiger partial charge in [-0.1, -0.05) is 64.3 Å². The minimum absolute atomic E-state index is 0.0266. The number of sulfone groups is 1. The monoisotopic (exact) mass is 396 g/mol. The Labute approximate surface area is 155 Å². The van der Waals surface area contributed by atoms with Crippen LogP contribution in [0.15, 0.2) is 47.0 Å². The summed E-state index contributed by atoms with van der Waals surface area (Å²) in [5, 5.41) is 4.45. The molecule has 0 saturated carbocycles. The fourth-order valence-electron chi connectivity index (χ4n) is 2.26. The third kappa shape index (κ3) is 4.39. The smallest absolute Gasteiger partial charge is 0.242 e. The maximum atomic E-state index is 12.4. The maximum Gasteiger partial charge on any atom is 0.242 e. The van der Waals surface area contributed by atoms with Crippen LogP contribution in [0.5, 0.6) is 0 Å². The summed E-state index contributed by atoms with van der Waals surface area (Å²) in [5.41, 5.74) is 2.22. The predicted molar refractivity (Wildman–Crippen MR) is 97.3 cm³/mol. The van der Waals surface area contributed by atoms with Gasteiger partial charge in [-0.15, -0.1) is 0 Å². The molecule has 8 heteroatoms. The third-order valence-electron chi connectivity index (χ3n) is 3.55. The molecule has 0 saturated heterocycles. The number of aryl methyl sites for hydroxylation is 1. The summed E-state index contributed by atoms with van der Waals surface area (Å²) in [6.07, 6.45) is 0. The third-order valence-corrected chi connectivity index (χ3v) is 5.67. The lowest BCUT2D eigenvalue weighted by molar-refractivity contribution is 0.389. The zero-order chi connectivity index (χ0) is 18.0. The van der Waals surface area contributed by atoms with E-state index in [1.807, 2.05) is 31.2 Å². The van der Waals surface area contributed by atoms with Crippen LogP contribution in [0.1, 0.15) is 17.0 Å². The molecular formula is C17H14Cl2N2O3S. The van der Waals surface area contributed by atoms with Crippen molar-refractivity contribution in [3.8, 4) is 11.4 Å². The van der Waals surface area contributed by atoms with Gasteiger partial charge in [-0.2, -0.15) is 4.98 Å². The van der Waals surface area contributed by atoms with Crippen LogP contribution in [0.2, 0.25) is 10.0 Å². The number of halogens is 2. The van der Waals surface area contributed by atoms with Crippen molar-refractivity contribution in [2.45, 2.75) is 18.4 Å². The fourth-order valence-corrected chi connectivity index (χ4v) is 4.30. The van der Waals surface area contributed by atoms with Crippen LogP contribution in [0.4, 0.5) is 0 Å². The molecule has 0 atom stereocenters. The predicted octanol–water partition coefficient (Wildman–Crippen LogP) is 4.47. The van der Waals surface area contributed by atoms with Gasteiger partial charge in [-0.25, -0.2) is 8.42 Å². The van der Waals surface area contributed by atoms with Gasteiger partial charge in [0.15, 0.2) is 9.84 Å². The van der Waals surface area contributed by atoms with Crippen molar-refractivity contribution in [2.75, 3.05) is 0 Å². The van der Waals surface area contributed by atoms with E-state index in [1.54, 1.807) is 18.2 Å². The Balaban J connectivity index is 1.79. The second-order valence-corrected chi connectivity index (χ2v) is 8.49. The van der Waals surface area contributed by atoms with Gasteiger partial charge < -0.3 is 4.52 Å². The summed E-state index contributed by atoms with van der Waals surface area (Å²) >= 11 is 12.1. The molecule has 1 heterocycles. The topological polar surface area (TPSA) is 73.1 Å². The summed E-state index contributed by atoms with van der Waals surface area (Å²) in [6, 6.07) is 12.4. The van der Waals surface area contributed by atoms with Crippen LogP contribution in [-0.4, -0.2) is 18.6 Å². The van der Waals surface area contributed by atoms with E-state index < -0.39 is 9.84 Å². The molecular weight excluding hydrogens is 383 g/mol. The second-order valence-electron chi connectivity index (χ2n) is 5.61. The zero-order valence-corrected chi connectivity index (χ0v) is 15.6. The first kappa shape index (κ1) is 17.9. The summed E-state index contributed by atoms with van der Waals surface area (Å²) in [6.45, 7) is 1.97. The molecule has 2 aromatic carbocycles. The minimum Gasteiger partial charge on any atom is -0.338 e. The number of nitrogens with zero attached hydrogens (tertiary/aromatic N) is 2. The molecule has 130 valence electrons. The van der Waals surface area contributed by atoms with E-state index in [4.69, 9.17) is 27.7 Å². The molecule has 0 bridgehead atoms. The summed E-state index contributed by atoms with van der Waals surface area (Å²) in [5.74, 6) is -0.305. The highest BCUT2D eigenvalue weighted by Crippen LogP contribution is 2.27. The first-order valence-electron chi connectivity index (χ1n) is 7.37. The molecule has 0 amide bonds. The van der Waals surface area contributed by atoms with E-state index in [9.17, 15) is 8.42 Å². The average Bonchev–Trinajstić information content (AvgIpc) is 2.99. The molecule has 0 fully saturated rings. The van der Waals surface area contributed by atoms with Crippen LogP contribution >= 0.6 is 23.2 Å². The van der Waals surface area contributed by atoms with E-state index in [0.717, 1.165) is 11.1 Å². The summed E-state index contributed by atoms with van der Waals surface area (Å²) < 4.78 is 29.9. The van der Waals surface area contributed by atoms with Crippen molar-refractivity contribution in [3.63, 3.8) is 0 Å². The van der Waals surface area contributed by atoms with E-state index in [-0.39, 0.29) is 17.4 Å². The van der Waals surface area contributed by atoms with Crippen molar-refractivity contribution in [1.82, 2.24) is 10.1 Å². The van der Waals surface area contributed by atoms with Crippen molar-refractivity contribution in [2.24, 2.45) is 0 Å². The van der Waals surface area contributed by atoms with Crippen molar-refractivity contribution in [1.29, 1.82) is 0 Å². The molecule has 3 aromatic rings. The van der Waals surface area contributed by atoms with Crippen LogP contribution in [0.25, 0.3) is 11.4 Å². The van der Waals surface area contributed by atoms with E-state index >= 15 is 0 Å². The fraction of sp³-hybridized carbons (Fsp3) is 0.176. The Hall–Kier alpha value is -1.89. The molecule has 25 heavy (non-hydrogen) atoms. The number of aromatic nitrogens is 2. The first-order chi connectivity index (χ1) is 11.8. The average molecular weight is 397 g/mol. The first-order valence-corrected chi connectivity index (χ1v) is 9.95. The molecule has 0 aliphatic heterocycles. The molecule has 0 N–H and O–H groups in total. The lowest BCUT2D eigenvalue weighted by Crippen LogP contribution is -2.08. The molecule has 3 rings (SSSR count). The summed E-state index contributed by atoms with van der Waals surface area (Å²) in [4.78, 5) is 4.16. The molecule has 5 nitrogen and oxygen atoms in total. The minimum atomic E-state index is -3.57. The Morgan fingerprint density at radius 2 is 1.64 bits per heavy atom. The van der Waals surface area contributed by atoms with Crippen molar-refractivity contribution >= 4 is 33.0 Å². The number of rotatable bonds is 5. The van der Waals surface area contributed by atoms with Crippen LogP contribution in [0, 0.1) is 6.92 Å². The van der Waals surface area contributed by atoms with Gasteiger partial charge in [0.2, 0.25) is 11.7 Å². The van der Waals surface area contributed by atoms with Gasteiger partial charge in [-0.3, -0.25) is 0 Å². The molecule has 0 aliphatic carbocycles. The molecule has 0 spiro atoms. The number of hydrogen-bond acceptors (Lipinski definition) is 5. The number of benzene rings is 2.